The van der Waals surface area contributed by atoms with Gasteiger partial charge in [0.15, 0.2) is 5.78 Å². The minimum atomic E-state index is -4.79. The molecular weight excluding hydrogens is 471 g/mol. The number of nitrogens with one attached hydrogen (secondary N) is 1. The number of alkyl halides is 3. The van der Waals surface area contributed by atoms with Crippen LogP contribution in [-0.4, -0.2) is 42.7 Å². The highest BCUT2D eigenvalue weighted by Crippen LogP contribution is 2.35. The molecule has 0 heterocycles. The lowest BCUT2D eigenvalue weighted by molar-refractivity contribution is -0.0905. The molecule has 0 unspecified atom stereocenters. The number of carbonyl (C=O) groups excluding carboxylic acids is 2. The first-order valence-corrected chi connectivity index (χ1v) is 11.4. The van der Waals surface area contributed by atoms with Gasteiger partial charge in [0.1, 0.15) is 17.2 Å². The third kappa shape index (κ3) is 5.84. The number of fused-ring (bicyclic) bond motifs is 1. The highest BCUT2D eigenvalue weighted by molar-refractivity contribution is 6.03. The summed E-state index contributed by atoms with van der Waals surface area (Å²) in [6.45, 7) is 6.69. The number of carbonyl (C=O) groups is 2. The number of aryl methyl sites for hydroxylation is 2. The standard InChI is InChI=1S/C27H28F3N3O3/c1-6-17-15-19(26(35)33(4)5)11-13-21(17)31-16(3)32-25(20(7-2)27(28,29)30)36-23-10-8-9-18-12-14-22(34)24(18)23/h7-11,13,15H,2,6,12,14H2,1,3-5H3,(H,31,32)/b25-20-. The smallest absolute Gasteiger partial charge is 0.421 e. The second-order valence-corrected chi connectivity index (χ2v) is 8.48. The number of benzene rings is 2. The maximum atomic E-state index is 13.8. The first-order valence-electron chi connectivity index (χ1n) is 11.4. The highest BCUT2D eigenvalue weighted by atomic mass is 19.4. The Morgan fingerprint density at radius 3 is 2.56 bits per heavy atom. The maximum Gasteiger partial charge on any atom is 0.421 e. The average Bonchev–Trinajstić information content (AvgIpc) is 3.19. The molecule has 0 saturated heterocycles. The molecule has 0 atom stereocenters. The second kappa shape index (κ2) is 10.8. The summed E-state index contributed by atoms with van der Waals surface area (Å²) in [5.74, 6) is -0.940. The third-order valence-corrected chi connectivity index (χ3v) is 5.68. The maximum absolute atomic E-state index is 13.8. The van der Waals surface area contributed by atoms with Crippen LogP contribution in [0.15, 0.2) is 65.5 Å². The number of ether oxygens (including phenoxy) is 1. The molecule has 3 rings (SSSR count). The molecule has 190 valence electrons. The van der Waals surface area contributed by atoms with Crippen molar-refractivity contribution in [2.24, 2.45) is 4.99 Å². The first kappa shape index (κ1) is 26.7. The van der Waals surface area contributed by atoms with Crippen LogP contribution in [-0.2, 0) is 12.8 Å². The van der Waals surface area contributed by atoms with E-state index in [1.54, 1.807) is 44.4 Å². The predicted molar refractivity (Wildman–Crippen MR) is 134 cm³/mol. The van der Waals surface area contributed by atoms with Gasteiger partial charge in [-0.15, -0.1) is 0 Å². The molecule has 0 radical (unpaired) electrons. The van der Waals surface area contributed by atoms with Gasteiger partial charge in [0.25, 0.3) is 5.91 Å². The molecule has 0 saturated carbocycles. The van der Waals surface area contributed by atoms with E-state index in [1.165, 1.54) is 17.9 Å². The van der Waals surface area contributed by atoms with Gasteiger partial charge in [-0.1, -0.05) is 31.7 Å². The number of Topliss-reactive ketones (excluding diaryl/α,β-unsaturated/α-hetero) is 1. The molecule has 2 aromatic rings. The zero-order chi connectivity index (χ0) is 26.6. The molecule has 0 aromatic heterocycles. The summed E-state index contributed by atoms with van der Waals surface area (Å²) in [6.07, 6.45) is -2.80. The summed E-state index contributed by atoms with van der Waals surface area (Å²) in [5, 5.41) is 3.01. The lowest BCUT2D eigenvalue weighted by atomic mass is 10.1. The fourth-order valence-corrected chi connectivity index (χ4v) is 3.90. The normalized spacial score (nSPS) is 14.2. The molecule has 1 amide bonds. The van der Waals surface area contributed by atoms with E-state index in [2.05, 4.69) is 16.9 Å². The fourth-order valence-electron chi connectivity index (χ4n) is 3.90. The van der Waals surface area contributed by atoms with Crippen LogP contribution in [0.4, 0.5) is 18.9 Å². The van der Waals surface area contributed by atoms with Gasteiger partial charge in [-0.2, -0.15) is 18.2 Å². The van der Waals surface area contributed by atoms with Crippen molar-refractivity contribution in [3.05, 3.63) is 82.8 Å². The Hall–Kier alpha value is -3.88. The minimum Gasteiger partial charge on any atom is -0.438 e. The van der Waals surface area contributed by atoms with Gasteiger partial charge in [-0.25, -0.2) is 0 Å². The molecule has 0 aliphatic heterocycles. The van der Waals surface area contributed by atoms with Crippen molar-refractivity contribution in [1.29, 1.82) is 0 Å². The summed E-state index contributed by atoms with van der Waals surface area (Å²) in [7, 11) is 3.30. The van der Waals surface area contributed by atoms with Crippen molar-refractivity contribution in [2.45, 2.75) is 39.3 Å². The van der Waals surface area contributed by atoms with E-state index in [9.17, 15) is 22.8 Å². The molecule has 36 heavy (non-hydrogen) atoms. The van der Waals surface area contributed by atoms with Crippen molar-refractivity contribution in [3.8, 4) is 5.75 Å². The van der Waals surface area contributed by atoms with Crippen LogP contribution < -0.4 is 10.1 Å². The van der Waals surface area contributed by atoms with Crippen LogP contribution in [0, 0.1) is 0 Å². The van der Waals surface area contributed by atoms with Crippen LogP contribution in [0.1, 0.15) is 52.1 Å². The number of hydrogen-bond acceptors (Lipinski definition) is 4. The number of amides is 1. The number of nitrogens with zero attached hydrogens (tertiary/aromatic N) is 2. The van der Waals surface area contributed by atoms with Gasteiger partial charge >= 0.3 is 6.18 Å². The van der Waals surface area contributed by atoms with Gasteiger partial charge in [0.2, 0.25) is 5.88 Å². The number of anilines is 1. The van der Waals surface area contributed by atoms with E-state index in [4.69, 9.17) is 4.74 Å². The van der Waals surface area contributed by atoms with Crippen molar-refractivity contribution < 1.29 is 27.5 Å². The van der Waals surface area contributed by atoms with E-state index >= 15 is 0 Å². The lowest BCUT2D eigenvalue weighted by Gasteiger charge is -2.17. The Kier molecular flexibility index (Phi) is 8.02. The minimum absolute atomic E-state index is 0.0194. The third-order valence-electron chi connectivity index (χ3n) is 5.68. The number of hydrogen-bond donors (Lipinski definition) is 1. The first-order chi connectivity index (χ1) is 17.0. The Labute approximate surface area is 208 Å². The average molecular weight is 500 g/mol. The molecule has 6 nitrogen and oxygen atoms in total. The summed E-state index contributed by atoms with van der Waals surface area (Å²) < 4.78 is 47.0. The van der Waals surface area contributed by atoms with E-state index in [0.717, 1.165) is 11.1 Å². The SMILES string of the molecule is C=C/C(=C(\N=C(/C)Nc1ccc(C(=O)N(C)C)cc1CC)Oc1cccc2c1C(=O)CC2)C(F)(F)F. The Balaban J connectivity index is 2.01. The van der Waals surface area contributed by atoms with Gasteiger partial charge in [-0.05, 0) is 55.2 Å². The molecule has 9 heteroatoms. The van der Waals surface area contributed by atoms with Crippen molar-refractivity contribution in [1.82, 2.24) is 4.90 Å². The Morgan fingerprint density at radius 2 is 1.94 bits per heavy atom. The quantitative estimate of drug-likeness (QED) is 0.221. The van der Waals surface area contributed by atoms with Crippen LogP contribution >= 0.6 is 0 Å². The number of rotatable bonds is 7. The summed E-state index contributed by atoms with van der Waals surface area (Å²) in [4.78, 5) is 30.2. The van der Waals surface area contributed by atoms with Gasteiger partial charge in [0.05, 0.1) is 5.56 Å². The summed E-state index contributed by atoms with van der Waals surface area (Å²) in [5.41, 5.74) is 1.70. The molecule has 1 aliphatic carbocycles. The number of ketones is 1. The van der Waals surface area contributed by atoms with Crippen molar-refractivity contribution in [2.75, 3.05) is 19.4 Å². The molecule has 0 bridgehead atoms. The molecule has 1 aliphatic rings. The molecule has 1 N–H and O–H groups in total. The van der Waals surface area contributed by atoms with Gasteiger partial charge in [-0.3, -0.25) is 9.59 Å². The van der Waals surface area contributed by atoms with Gasteiger partial charge < -0.3 is 15.0 Å². The number of amidine groups is 1. The zero-order valence-corrected chi connectivity index (χ0v) is 20.6. The Morgan fingerprint density at radius 1 is 1.22 bits per heavy atom. The fraction of sp³-hybridized carbons (Fsp3) is 0.296. The number of allylic oxidation sites excluding steroid dienone is 2. The summed E-state index contributed by atoms with van der Waals surface area (Å²) >= 11 is 0. The van der Waals surface area contributed by atoms with Crippen LogP contribution in [0.2, 0.25) is 0 Å². The van der Waals surface area contributed by atoms with Crippen molar-refractivity contribution in [3.63, 3.8) is 0 Å². The van der Waals surface area contributed by atoms with Crippen molar-refractivity contribution >= 4 is 23.2 Å². The zero-order valence-electron chi connectivity index (χ0n) is 20.6. The van der Waals surface area contributed by atoms with Crippen LogP contribution in [0.3, 0.4) is 0 Å². The van der Waals surface area contributed by atoms with Gasteiger partial charge in [0, 0.05) is 31.8 Å². The number of halogens is 3. The lowest BCUT2D eigenvalue weighted by Crippen LogP contribution is -2.22. The van der Waals surface area contributed by atoms with Crippen LogP contribution in [0.25, 0.3) is 0 Å². The van der Waals surface area contributed by atoms with E-state index in [1.807, 2.05) is 6.92 Å². The molecule has 0 spiro atoms. The van der Waals surface area contributed by atoms with Crippen LogP contribution in [0.5, 0.6) is 5.75 Å². The van der Waals surface area contributed by atoms with E-state index < -0.39 is 17.6 Å². The summed E-state index contributed by atoms with van der Waals surface area (Å²) in [6, 6.07) is 9.88. The topological polar surface area (TPSA) is 71.0 Å². The monoisotopic (exact) mass is 499 g/mol. The number of aliphatic imine (C=N–C) groups is 1. The largest absolute Gasteiger partial charge is 0.438 e. The molecular formula is C27H28F3N3O3. The second-order valence-electron chi connectivity index (χ2n) is 8.48. The Bertz CT molecular complexity index is 1260. The molecule has 0 fully saturated rings. The van der Waals surface area contributed by atoms with E-state index in [0.29, 0.717) is 30.2 Å². The molecule has 2 aromatic carbocycles. The predicted octanol–water partition coefficient (Wildman–Crippen LogP) is 5.95. The van der Waals surface area contributed by atoms with E-state index in [-0.39, 0.29) is 35.3 Å². The highest BCUT2D eigenvalue weighted by Gasteiger charge is 2.36.